The van der Waals surface area contributed by atoms with Crippen molar-refractivity contribution in [3.8, 4) is 6.07 Å². The van der Waals surface area contributed by atoms with Crippen LogP contribution in [0.15, 0.2) is 23.4 Å². The molecule has 1 aliphatic carbocycles. The summed E-state index contributed by atoms with van der Waals surface area (Å²) in [5.41, 5.74) is 4.05. The highest BCUT2D eigenvalue weighted by Gasteiger charge is 2.37. The molecular weight excluding hydrogens is 184 g/mol. The Bertz CT molecular complexity index is 365. The zero-order chi connectivity index (χ0) is 10.8. The van der Waals surface area contributed by atoms with E-state index in [2.05, 4.69) is 4.74 Å². The minimum atomic E-state index is -1.76. The first-order chi connectivity index (χ1) is 6.53. The van der Waals surface area contributed by atoms with E-state index in [1.165, 1.54) is 13.2 Å². The number of methoxy groups -OCH3 is 1. The van der Waals surface area contributed by atoms with Crippen LogP contribution in [0.1, 0.15) is 6.42 Å². The molecule has 5 heteroatoms. The largest absolute Gasteiger partial charge is 0.467 e. The van der Waals surface area contributed by atoms with Gasteiger partial charge in [0.1, 0.15) is 6.07 Å². The van der Waals surface area contributed by atoms with Crippen LogP contribution in [0.5, 0.6) is 0 Å². The summed E-state index contributed by atoms with van der Waals surface area (Å²) in [6.07, 6.45) is 2.57. The molecule has 1 aliphatic rings. The first-order valence-corrected chi connectivity index (χ1v) is 3.93. The van der Waals surface area contributed by atoms with E-state index in [9.17, 15) is 9.90 Å². The van der Waals surface area contributed by atoms with Gasteiger partial charge in [0.25, 0.3) is 0 Å². The van der Waals surface area contributed by atoms with Crippen LogP contribution in [-0.4, -0.2) is 23.8 Å². The fraction of sp³-hybridized carbons (Fsp3) is 0.333. The smallest absolute Gasteiger partial charge is 0.342 e. The molecule has 0 aromatic carbocycles. The van der Waals surface area contributed by atoms with Crippen LogP contribution >= 0.6 is 0 Å². The summed E-state index contributed by atoms with van der Waals surface area (Å²) in [6, 6.07) is 1.79. The number of carbonyl (C=O) groups is 1. The van der Waals surface area contributed by atoms with Gasteiger partial charge in [-0.25, -0.2) is 4.79 Å². The first kappa shape index (κ1) is 10.3. The van der Waals surface area contributed by atoms with Crippen molar-refractivity contribution in [2.45, 2.75) is 12.0 Å². The van der Waals surface area contributed by atoms with Gasteiger partial charge in [0, 0.05) is 12.1 Å². The minimum absolute atomic E-state index is 0.0245. The van der Waals surface area contributed by atoms with Gasteiger partial charge in [-0.3, -0.25) is 0 Å². The number of aliphatic hydroxyl groups is 1. The lowest BCUT2D eigenvalue weighted by molar-refractivity contribution is -0.157. The Hall–Kier alpha value is -1.80. The normalized spacial score (nSPS) is 25.8. The van der Waals surface area contributed by atoms with Gasteiger partial charge in [-0.15, -0.1) is 0 Å². The van der Waals surface area contributed by atoms with Gasteiger partial charge < -0.3 is 15.6 Å². The lowest BCUT2D eigenvalue weighted by atomic mass is 9.90. The van der Waals surface area contributed by atoms with E-state index in [4.69, 9.17) is 11.0 Å². The highest BCUT2D eigenvalue weighted by atomic mass is 16.5. The zero-order valence-corrected chi connectivity index (χ0v) is 7.65. The Balaban J connectivity index is 3.05. The highest BCUT2D eigenvalue weighted by molar-refractivity contribution is 5.83. The number of nitriles is 1. The highest BCUT2D eigenvalue weighted by Crippen LogP contribution is 2.24. The fourth-order valence-electron chi connectivity index (χ4n) is 1.17. The van der Waals surface area contributed by atoms with Crippen LogP contribution in [0, 0.1) is 11.3 Å². The number of carbonyl (C=O) groups excluding carboxylic acids is 1. The molecule has 1 rings (SSSR count). The topological polar surface area (TPSA) is 96.3 Å². The summed E-state index contributed by atoms with van der Waals surface area (Å²) < 4.78 is 4.41. The molecule has 0 saturated carbocycles. The molecule has 0 heterocycles. The lowest BCUT2D eigenvalue weighted by Crippen LogP contribution is -2.39. The number of ether oxygens (including phenoxy) is 1. The molecule has 1 unspecified atom stereocenters. The van der Waals surface area contributed by atoms with Crippen LogP contribution in [0.4, 0.5) is 0 Å². The van der Waals surface area contributed by atoms with Crippen molar-refractivity contribution in [2.24, 2.45) is 5.73 Å². The van der Waals surface area contributed by atoms with Crippen LogP contribution < -0.4 is 5.73 Å². The summed E-state index contributed by atoms with van der Waals surface area (Å²) in [4.78, 5) is 11.2. The zero-order valence-electron chi connectivity index (χ0n) is 7.65. The summed E-state index contributed by atoms with van der Waals surface area (Å²) in [5, 5.41) is 18.4. The van der Waals surface area contributed by atoms with Crippen molar-refractivity contribution in [1.29, 1.82) is 5.26 Å². The van der Waals surface area contributed by atoms with E-state index in [1.54, 1.807) is 6.07 Å². The molecule has 0 aromatic rings. The maximum Gasteiger partial charge on any atom is 0.342 e. The number of nitrogens with zero attached hydrogens (tertiary/aromatic N) is 1. The van der Waals surface area contributed by atoms with E-state index < -0.39 is 11.6 Å². The number of hydrogen-bond acceptors (Lipinski definition) is 5. The molecule has 1 atom stereocenters. The van der Waals surface area contributed by atoms with Gasteiger partial charge in [-0.2, -0.15) is 5.26 Å². The van der Waals surface area contributed by atoms with E-state index in [0.29, 0.717) is 0 Å². The van der Waals surface area contributed by atoms with Gasteiger partial charge in [0.05, 0.1) is 12.7 Å². The molecular formula is C9H10N2O3. The van der Waals surface area contributed by atoms with Gasteiger partial charge in [0.15, 0.2) is 5.60 Å². The molecule has 0 fully saturated rings. The number of hydrogen-bond donors (Lipinski definition) is 2. The number of nitrogens with two attached hydrogens (primary N) is 1. The average Bonchev–Trinajstić information content (AvgIpc) is 2.20. The van der Waals surface area contributed by atoms with E-state index in [-0.39, 0.29) is 17.7 Å². The number of allylic oxidation sites excluding steroid dienone is 1. The van der Waals surface area contributed by atoms with E-state index >= 15 is 0 Å². The third-order valence-electron chi connectivity index (χ3n) is 1.99. The van der Waals surface area contributed by atoms with Crippen molar-refractivity contribution in [1.82, 2.24) is 0 Å². The second-order valence-electron chi connectivity index (χ2n) is 2.95. The molecule has 0 saturated heterocycles. The second-order valence-corrected chi connectivity index (χ2v) is 2.95. The Morgan fingerprint density at radius 3 is 3.00 bits per heavy atom. The Morgan fingerprint density at radius 1 is 1.86 bits per heavy atom. The van der Waals surface area contributed by atoms with Crippen LogP contribution in [0.2, 0.25) is 0 Å². The van der Waals surface area contributed by atoms with Crippen molar-refractivity contribution in [3.63, 3.8) is 0 Å². The SMILES string of the molecule is COC(=O)C1(O)C=C(C#N)C(N)=CC1. The van der Waals surface area contributed by atoms with Gasteiger partial charge in [0.2, 0.25) is 0 Å². The molecule has 74 valence electrons. The molecule has 0 amide bonds. The predicted molar refractivity (Wildman–Crippen MR) is 47.5 cm³/mol. The summed E-state index contributed by atoms with van der Waals surface area (Å²) in [5.74, 6) is -0.797. The molecule has 14 heavy (non-hydrogen) atoms. The Labute approximate surface area is 81.1 Å². The molecule has 0 radical (unpaired) electrons. The quantitative estimate of drug-likeness (QED) is 0.553. The molecule has 3 N–H and O–H groups in total. The maximum atomic E-state index is 11.2. The third-order valence-corrected chi connectivity index (χ3v) is 1.99. The summed E-state index contributed by atoms with van der Waals surface area (Å²) >= 11 is 0. The summed E-state index contributed by atoms with van der Waals surface area (Å²) in [7, 11) is 1.17. The monoisotopic (exact) mass is 194 g/mol. The number of rotatable bonds is 1. The van der Waals surface area contributed by atoms with Crippen molar-refractivity contribution < 1.29 is 14.6 Å². The molecule has 0 spiro atoms. The van der Waals surface area contributed by atoms with Crippen molar-refractivity contribution in [2.75, 3.05) is 7.11 Å². The van der Waals surface area contributed by atoms with Crippen LogP contribution in [-0.2, 0) is 9.53 Å². The molecule has 0 bridgehead atoms. The third kappa shape index (κ3) is 1.60. The standard InChI is InChI=1S/C9H10N2O3/c1-14-8(12)9(13)3-2-7(11)6(4-9)5-10/h2,4,13H,3,11H2,1H3. The lowest BCUT2D eigenvalue weighted by Gasteiger charge is -2.23. The van der Waals surface area contributed by atoms with Gasteiger partial charge >= 0.3 is 5.97 Å². The second kappa shape index (κ2) is 3.52. The molecule has 0 aromatic heterocycles. The van der Waals surface area contributed by atoms with Gasteiger partial charge in [-0.1, -0.05) is 6.08 Å². The van der Waals surface area contributed by atoms with E-state index in [1.807, 2.05) is 0 Å². The van der Waals surface area contributed by atoms with Crippen LogP contribution in [0.25, 0.3) is 0 Å². The Morgan fingerprint density at radius 2 is 2.50 bits per heavy atom. The average molecular weight is 194 g/mol. The maximum absolute atomic E-state index is 11.2. The number of esters is 1. The fourth-order valence-corrected chi connectivity index (χ4v) is 1.17. The van der Waals surface area contributed by atoms with Crippen molar-refractivity contribution in [3.05, 3.63) is 23.4 Å². The minimum Gasteiger partial charge on any atom is -0.467 e. The predicted octanol–water partition coefficient (Wildman–Crippen LogP) is -0.413. The summed E-state index contributed by atoms with van der Waals surface area (Å²) in [6.45, 7) is 0. The van der Waals surface area contributed by atoms with E-state index in [0.717, 1.165) is 6.08 Å². The van der Waals surface area contributed by atoms with Crippen LogP contribution in [0.3, 0.4) is 0 Å². The Kier molecular flexibility index (Phi) is 2.58. The first-order valence-electron chi connectivity index (χ1n) is 3.93. The van der Waals surface area contributed by atoms with Crippen molar-refractivity contribution >= 4 is 5.97 Å². The van der Waals surface area contributed by atoms with Gasteiger partial charge in [-0.05, 0) is 6.08 Å². The molecule has 0 aliphatic heterocycles. The molecule has 5 nitrogen and oxygen atoms in total.